The smallest absolute Gasteiger partial charge is 0.472 e. The number of carboxylic acid groups (broad SMARTS) is 1. The number of allylic oxidation sites excluding steroid dienone is 5. The normalized spacial score (nSPS) is 14.7. The number of unbranched alkanes of at least 4 members (excludes halogenated alkanes) is 18. The molecule has 0 amide bonds. The fourth-order valence-electron chi connectivity index (χ4n) is 5.66. The molecule has 0 aromatic heterocycles. The van der Waals surface area contributed by atoms with Crippen molar-refractivity contribution >= 4 is 25.7 Å². The van der Waals surface area contributed by atoms with Gasteiger partial charge in [0.15, 0.2) is 6.10 Å². The number of esters is 2. The summed E-state index contributed by atoms with van der Waals surface area (Å²) < 4.78 is 32.6. The highest BCUT2D eigenvalue weighted by atomic mass is 31.2. The predicted octanol–water partition coefficient (Wildman–Crippen LogP) is 9.81. The zero-order chi connectivity index (χ0) is 40.8. The number of carbonyl (C=O) groups is 3. The Balaban J connectivity index is 4.45. The number of ether oxygens (including phenoxy) is 2. The molecular weight excluding hydrogens is 725 g/mol. The first-order chi connectivity index (χ1) is 26.5. The van der Waals surface area contributed by atoms with E-state index in [-0.39, 0.29) is 19.4 Å². The number of phosphoric acid groups is 1. The van der Waals surface area contributed by atoms with Crippen LogP contribution in [0.25, 0.3) is 0 Å². The SMILES string of the molecule is CC/C=C/C/C=C/C=C/C(O)CCCCCCCC(=O)OC[C@H](COP(=O)(O)OC[C@H](N)C(=O)O)OC(=O)CCCCCCCCCCCCCCCCC. The highest BCUT2D eigenvalue weighted by Crippen LogP contribution is 2.43. The molecule has 4 atom stereocenters. The van der Waals surface area contributed by atoms with Crippen molar-refractivity contribution in [2.24, 2.45) is 5.73 Å². The maximum absolute atomic E-state index is 12.6. The minimum Gasteiger partial charge on any atom is -0.480 e. The summed E-state index contributed by atoms with van der Waals surface area (Å²) in [6.45, 7) is 2.57. The Morgan fingerprint density at radius 2 is 1.16 bits per heavy atom. The van der Waals surface area contributed by atoms with E-state index < -0.39 is 57.2 Å². The van der Waals surface area contributed by atoms with Crippen LogP contribution >= 0.6 is 7.82 Å². The molecule has 0 spiro atoms. The van der Waals surface area contributed by atoms with Crippen LogP contribution in [0.5, 0.6) is 0 Å². The summed E-state index contributed by atoms with van der Waals surface area (Å²) in [5.74, 6) is -2.46. The Labute approximate surface area is 332 Å². The van der Waals surface area contributed by atoms with E-state index in [4.69, 9.17) is 24.8 Å². The Kier molecular flexibility index (Phi) is 35.7. The minimum absolute atomic E-state index is 0.144. The lowest BCUT2D eigenvalue weighted by Gasteiger charge is -2.20. The van der Waals surface area contributed by atoms with Gasteiger partial charge in [-0.2, -0.15) is 0 Å². The second kappa shape index (κ2) is 37.2. The molecule has 0 aliphatic heterocycles. The molecule has 0 aliphatic rings. The van der Waals surface area contributed by atoms with Gasteiger partial charge in [-0.15, -0.1) is 0 Å². The lowest BCUT2D eigenvalue weighted by atomic mass is 10.0. The van der Waals surface area contributed by atoms with Crippen LogP contribution in [0.4, 0.5) is 0 Å². The van der Waals surface area contributed by atoms with E-state index in [1.54, 1.807) is 6.08 Å². The number of carbonyl (C=O) groups excluding carboxylic acids is 2. The number of aliphatic hydroxyl groups excluding tert-OH is 1. The van der Waals surface area contributed by atoms with Gasteiger partial charge in [-0.05, 0) is 32.1 Å². The number of nitrogens with two attached hydrogens (primary N) is 1. The van der Waals surface area contributed by atoms with Gasteiger partial charge in [-0.25, -0.2) is 4.57 Å². The number of carboxylic acids is 1. The third kappa shape index (κ3) is 37.0. The molecule has 0 fully saturated rings. The fraction of sp³-hybridized carbons (Fsp3) is 0.786. The van der Waals surface area contributed by atoms with Crippen molar-refractivity contribution in [2.75, 3.05) is 19.8 Å². The summed E-state index contributed by atoms with van der Waals surface area (Å²) in [4.78, 5) is 45.9. The van der Waals surface area contributed by atoms with E-state index in [9.17, 15) is 28.9 Å². The van der Waals surface area contributed by atoms with Crippen molar-refractivity contribution in [3.8, 4) is 0 Å². The number of hydrogen-bond acceptors (Lipinski definition) is 10. The van der Waals surface area contributed by atoms with Crippen LogP contribution in [-0.2, 0) is 37.5 Å². The molecule has 0 aliphatic carbocycles. The quantitative estimate of drug-likeness (QED) is 0.0151. The number of hydrogen-bond donors (Lipinski definition) is 4. The van der Waals surface area contributed by atoms with E-state index in [0.29, 0.717) is 19.3 Å². The average Bonchev–Trinajstić information content (AvgIpc) is 3.15. The van der Waals surface area contributed by atoms with Crippen LogP contribution in [-0.4, -0.2) is 71.1 Å². The summed E-state index contributed by atoms with van der Waals surface area (Å²) in [5, 5.41) is 19.0. The molecule has 0 heterocycles. The summed E-state index contributed by atoms with van der Waals surface area (Å²) in [5.41, 5.74) is 5.32. The van der Waals surface area contributed by atoms with Crippen LogP contribution in [0, 0.1) is 0 Å². The van der Waals surface area contributed by atoms with E-state index in [0.717, 1.165) is 57.8 Å². The molecule has 2 unspecified atom stereocenters. The first kappa shape index (κ1) is 52.7. The molecule has 0 saturated carbocycles. The first-order valence-electron chi connectivity index (χ1n) is 21.1. The second-order valence-electron chi connectivity index (χ2n) is 14.3. The standard InChI is InChI=1S/C42H76NO11P/c1-3-5-7-9-11-12-13-14-15-16-17-18-20-24-29-33-41(46)54-38(35-52-55(49,50)53-36-39(43)42(47)48)34-51-40(45)32-28-25-21-23-27-31-37(44)30-26-22-19-10-8-6-4-2/h6,8,19,22,26,30,37-39,44H,3-5,7,9-18,20-21,23-25,27-29,31-36,43H2,1-2H3,(H,47,48)(H,49,50)/b8-6+,22-19+,30-26+/t37?,38-,39+/m1/s1. The molecule has 12 nitrogen and oxygen atoms in total. The van der Waals surface area contributed by atoms with Gasteiger partial charge in [0.25, 0.3) is 0 Å². The lowest BCUT2D eigenvalue weighted by Crippen LogP contribution is -2.34. The van der Waals surface area contributed by atoms with Gasteiger partial charge in [-0.1, -0.05) is 166 Å². The van der Waals surface area contributed by atoms with Crippen molar-refractivity contribution in [1.29, 1.82) is 0 Å². The molecule has 0 aromatic rings. The lowest BCUT2D eigenvalue weighted by molar-refractivity contribution is -0.161. The third-order valence-corrected chi connectivity index (χ3v) is 9.96. The van der Waals surface area contributed by atoms with Crippen molar-refractivity contribution in [3.05, 3.63) is 36.5 Å². The molecule has 0 saturated heterocycles. The van der Waals surface area contributed by atoms with Crippen molar-refractivity contribution in [1.82, 2.24) is 0 Å². The number of aliphatic carboxylic acids is 1. The van der Waals surface area contributed by atoms with Crippen LogP contribution in [0.1, 0.15) is 174 Å². The highest BCUT2D eigenvalue weighted by molar-refractivity contribution is 7.47. The molecule has 0 aromatic carbocycles. The fourth-order valence-corrected chi connectivity index (χ4v) is 6.44. The van der Waals surface area contributed by atoms with Gasteiger partial charge in [0.2, 0.25) is 0 Å². The van der Waals surface area contributed by atoms with Crippen LogP contribution in [0.2, 0.25) is 0 Å². The molecule has 55 heavy (non-hydrogen) atoms. The first-order valence-corrected chi connectivity index (χ1v) is 22.6. The van der Waals surface area contributed by atoms with Crippen LogP contribution < -0.4 is 5.73 Å². The van der Waals surface area contributed by atoms with Gasteiger partial charge in [0.05, 0.1) is 19.3 Å². The Hall–Kier alpha value is -2.34. The second-order valence-corrected chi connectivity index (χ2v) is 15.8. The number of rotatable bonds is 39. The van der Waals surface area contributed by atoms with Gasteiger partial charge in [0.1, 0.15) is 12.6 Å². The predicted molar refractivity (Wildman–Crippen MR) is 218 cm³/mol. The molecule has 5 N–H and O–H groups in total. The van der Waals surface area contributed by atoms with Crippen molar-refractivity contribution in [2.45, 2.75) is 193 Å². The molecule has 0 rings (SSSR count). The Bertz CT molecular complexity index is 1100. The topological polar surface area (TPSA) is 192 Å². The number of phosphoric ester groups is 1. The van der Waals surface area contributed by atoms with Crippen molar-refractivity contribution in [3.63, 3.8) is 0 Å². The van der Waals surface area contributed by atoms with E-state index >= 15 is 0 Å². The summed E-state index contributed by atoms with van der Waals surface area (Å²) in [6.07, 6.45) is 35.1. The average molecular weight is 802 g/mol. The van der Waals surface area contributed by atoms with Gasteiger partial charge in [0, 0.05) is 12.8 Å². The molecule has 13 heteroatoms. The van der Waals surface area contributed by atoms with Crippen LogP contribution in [0.15, 0.2) is 36.5 Å². The van der Waals surface area contributed by atoms with Gasteiger partial charge in [-0.3, -0.25) is 23.4 Å². The summed E-state index contributed by atoms with van der Waals surface area (Å²) in [6, 6.07) is -1.53. The van der Waals surface area contributed by atoms with Crippen LogP contribution in [0.3, 0.4) is 0 Å². The van der Waals surface area contributed by atoms with E-state index in [1.807, 2.05) is 18.2 Å². The molecular formula is C42H76NO11P. The molecule has 320 valence electrons. The Morgan fingerprint density at radius 3 is 1.71 bits per heavy atom. The zero-order valence-corrected chi connectivity index (χ0v) is 35.0. The van der Waals surface area contributed by atoms with E-state index in [2.05, 4.69) is 30.5 Å². The van der Waals surface area contributed by atoms with Crippen molar-refractivity contribution < 1.29 is 52.6 Å². The maximum atomic E-state index is 12.6. The minimum atomic E-state index is -4.73. The number of aliphatic hydroxyl groups is 1. The van der Waals surface area contributed by atoms with Gasteiger partial charge >= 0.3 is 25.7 Å². The van der Waals surface area contributed by atoms with E-state index in [1.165, 1.54) is 70.6 Å². The maximum Gasteiger partial charge on any atom is 0.472 e. The monoisotopic (exact) mass is 802 g/mol. The highest BCUT2D eigenvalue weighted by Gasteiger charge is 2.28. The summed E-state index contributed by atoms with van der Waals surface area (Å²) >= 11 is 0. The Morgan fingerprint density at radius 1 is 0.655 bits per heavy atom. The molecule has 0 bridgehead atoms. The third-order valence-electron chi connectivity index (χ3n) is 9.01. The zero-order valence-electron chi connectivity index (χ0n) is 34.1. The molecule has 0 radical (unpaired) electrons. The summed E-state index contributed by atoms with van der Waals surface area (Å²) in [7, 11) is -4.73. The van der Waals surface area contributed by atoms with Gasteiger partial charge < -0.3 is 30.3 Å². The largest absolute Gasteiger partial charge is 0.480 e.